The van der Waals surface area contributed by atoms with Crippen LogP contribution in [0.5, 0.6) is 0 Å². The Bertz CT molecular complexity index is 1150. The molecule has 0 bridgehead atoms. The monoisotopic (exact) mass is 371 g/mol. The van der Waals surface area contributed by atoms with Gasteiger partial charge >= 0.3 is 5.97 Å². The number of rotatable bonds is 5. The zero-order valence-electron chi connectivity index (χ0n) is 15.9. The molecule has 0 N–H and O–H groups in total. The van der Waals surface area contributed by atoms with E-state index in [1.807, 2.05) is 78.9 Å². The number of hydrogen-bond acceptors (Lipinski definition) is 4. The van der Waals surface area contributed by atoms with Crippen LogP contribution in [0.15, 0.2) is 78.9 Å². The van der Waals surface area contributed by atoms with Gasteiger partial charge < -0.3 is 9.47 Å². The van der Waals surface area contributed by atoms with Gasteiger partial charge in [0, 0.05) is 10.9 Å². The van der Waals surface area contributed by atoms with Gasteiger partial charge in [-0.05, 0) is 29.8 Å². The van der Waals surface area contributed by atoms with Crippen LogP contribution in [0.25, 0.3) is 21.7 Å². The van der Waals surface area contributed by atoms with Crippen LogP contribution in [0.2, 0.25) is 0 Å². The summed E-state index contributed by atoms with van der Waals surface area (Å²) < 4.78 is 11.3. The van der Waals surface area contributed by atoms with E-state index < -0.39 is 11.6 Å². The first-order chi connectivity index (χ1) is 13.6. The molecule has 4 heteroatoms. The second kappa shape index (κ2) is 7.41. The first-order valence-electron chi connectivity index (χ1n) is 9.17. The minimum atomic E-state index is -1.25. The molecule has 0 radical (unpaired) electrons. The van der Waals surface area contributed by atoms with E-state index in [9.17, 15) is 4.79 Å². The Kier molecular flexibility index (Phi) is 4.80. The Hall–Kier alpha value is -3.24. The fourth-order valence-corrected chi connectivity index (χ4v) is 3.49. The summed E-state index contributed by atoms with van der Waals surface area (Å²) in [5, 5.41) is 3.07. The highest BCUT2D eigenvalue weighted by Gasteiger charge is 2.39. The van der Waals surface area contributed by atoms with Gasteiger partial charge in [-0.1, -0.05) is 66.7 Å². The van der Waals surface area contributed by atoms with E-state index in [1.54, 1.807) is 6.92 Å². The quantitative estimate of drug-likeness (QED) is 0.464. The standard InChI is InChI=1S/C24H21NO3/c1-24(23(26)27-2,21-12-7-10-17-8-3-5-11-20(17)21)28-16-19-15-14-18-9-4-6-13-22(18)25-19/h3-15H,16H2,1-2H3/t24-/m0/s1. The number of carbonyl (C=O) groups is 1. The van der Waals surface area contributed by atoms with Crippen molar-refractivity contribution in [3.05, 3.63) is 90.1 Å². The molecule has 1 heterocycles. The third kappa shape index (κ3) is 3.23. The SMILES string of the molecule is COC(=O)[C@@](C)(OCc1ccc2ccccc2n1)c1cccc2ccccc12. The number of ether oxygens (including phenoxy) is 2. The molecule has 0 spiro atoms. The normalized spacial score (nSPS) is 13.4. The summed E-state index contributed by atoms with van der Waals surface area (Å²) in [5.74, 6) is -0.440. The zero-order valence-corrected chi connectivity index (χ0v) is 15.9. The highest BCUT2D eigenvalue weighted by Crippen LogP contribution is 2.33. The van der Waals surface area contributed by atoms with Crippen molar-refractivity contribution in [3.8, 4) is 0 Å². The molecule has 1 aromatic heterocycles. The largest absolute Gasteiger partial charge is 0.467 e. The fraction of sp³-hybridized carbons (Fsp3) is 0.167. The highest BCUT2D eigenvalue weighted by atomic mass is 16.6. The first-order valence-corrected chi connectivity index (χ1v) is 9.17. The van der Waals surface area contributed by atoms with Gasteiger partial charge in [0.2, 0.25) is 0 Å². The molecule has 28 heavy (non-hydrogen) atoms. The number of para-hydroxylation sites is 1. The number of hydrogen-bond donors (Lipinski definition) is 0. The average Bonchev–Trinajstić information content (AvgIpc) is 2.76. The smallest absolute Gasteiger partial charge is 0.342 e. The summed E-state index contributed by atoms with van der Waals surface area (Å²) in [4.78, 5) is 17.4. The molecule has 0 aliphatic rings. The number of esters is 1. The number of aromatic nitrogens is 1. The fourth-order valence-electron chi connectivity index (χ4n) is 3.49. The molecule has 0 fully saturated rings. The zero-order chi connectivity index (χ0) is 19.6. The van der Waals surface area contributed by atoms with E-state index in [1.165, 1.54) is 7.11 Å². The predicted molar refractivity (Wildman–Crippen MR) is 110 cm³/mol. The molecule has 4 aromatic rings. The molecule has 0 amide bonds. The van der Waals surface area contributed by atoms with E-state index in [0.29, 0.717) is 0 Å². The van der Waals surface area contributed by atoms with Gasteiger partial charge in [-0.15, -0.1) is 0 Å². The highest BCUT2D eigenvalue weighted by molar-refractivity contribution is 5.92. The summed E-state index contributed by atoms with van der Waals surface area (Å²) in [6, 6.07) is 25.6. The number of fused-ring (bicyclic) bond motifs is 2. The number of nitrogens with zero attached hydrogens (tertiary/aromatic N) is 1. The van der Waals surface area contributed by atoms with Crippen LogP contribution in [-0.4, -0.2) is 18.1 Å². The van der Waals surface area contributed by atoms with Crippen molar-refractivity contribution in [2.75, 3.05) is 7.11 Å². The van der Waals surface area contributed by atoms with Crippen molar-refractivity contribution >= 4 is 27.6 Å². The topological polar surface area (TPSA) is 48.4 Å². The lowest BCUT2D eigenvalue weighted by Crippen LogP contribution is -2.37. The van der Waals surface area contributed by atoms with Crippen LogP contribution in [0.1, 0.15) is 18.2 Å². The molecule has 4 nitrogen and oxygen atoms in total. The Morgan fingerprint density at radius 2 is 1.61 bits per heavy atom. The summed E-state index contributed by atoms with van der Waals surface area (Å²) in [5.41, 5.74) is 1.18. The van der Waals surface area contributed by atoms with Crippen LogP contribution in [0.4, 0.5) is 0 Å². The van der Waals surface area contributed by atoms with E-state index in [2.05, 4.69) is 4.98 Å². The summed E-state index contributed by atoms with van der Waals surface area (Å²) >= 11 is 0. The molecule has 0 saturated carbocycles. The van der Waals surface area contributed by atoms with Crippen molar-refractivity contribution in [2.45, 2.75) is 19.1 Å². The predicted octanol–water partition coefficient (Wildman–Crippen LogP) is 4.99. The van der Waals surface area contributed by atoms with Crippen molar-refractivity contribution in [1.82, 2.24) is 4.98 Å². The van der Waals surface area contributed by atoms with E-state index >= 15 is 0 Å². The van der Waals surface area contributed by atoms with E-state index in [-0.39, 0.29) is 6.61 Å². The minimum Gasteiger partial charge on any atom is -0.467 e. The molecule has 4 rings (SSSR count). The van der Waals surface area contributed by atoms with E-state index in [0.717, 1.165) is 32.9 Å². The van der Waals surface area contributed by atoms with Crippen LogP contribution in [0.3, 0.4) is 0 Å². The van der Waals surface area contributed by atoms with Gasteiger partial charge in [-0.3, -0.25) is 4.98 Å². The van der Waals surface area contributed by atoms with Gasteiger partial charge in [0.05, 0.1) is 24.9 Å². The number of carbonyl (C=O) groups excluding carboxylic acids is 1. The van der Waals surface area contributed by atoms with Crippen molar-refractivity contribution < 1.29 is 14.3 Å². The lowest BCUT2D eigenvalue weighted by Gasteiger charge is -2.28. The Balaban J connectivity index is 1.71. The molecule has 0 saturated heterocycles. The van der Waals surface area contributed by atoms with Gasteiger partial charge in [-0.25, -0.2) is 4.79 Å². The first kappa shape index (κ1) is 18.1. The second-order valence-corrected chi connectivity index (χ2v) is 6.84. The number of methoxy groups -OCH3 is 1. The van der Waals surface area contributed by atoms with Crippen LogP contribution in [0, 0.1) is 0 Å². The minimum absolute atomic E-state index is 0.194. The van der Waals surface area contributed by atoms with Crippen molar-refractivity contribution in [2.24, 2.45) is 0 Å². The third-order valence-corrected chi connectivity index (χ3v) is 5.04. The Morgan fingerprint density at radius 1 is 0.893 bits per heavy atom. The third-order valence-electron chi connectivity index (χ3n) is 5.04. The maximum Gasteiger partial charge on any atom is 0.342 e. The maximum absolute atomic E-state index is 12.7. The van der Waals surface area contributed by atoms with Gasteiger partial charge in [0.25, 0.3) is 0 Å². The molecule has 0 unspecified atom stereocenters. The number of benzene rings is 3. The molecule has 140 valence electrons. The second-order valence-electron chi connectivity index (χ2n) is 6.84. The molecule has 0 aliphatic heterocycles. The van der Waals surface area contributed by atoms with Gasteiger partial charge in [-0.2, -0.15) is 0 Å². The lowest BCUT2D eigenvalue weighted by atomic mass is 9.90. The van der Waals surface area contributed by atoms with Gasteiger partial charge in [0.1, 0.15) is 0 Å². The average molecular weight is 371 g/mol. The van der Waals surface area contributed by atoms with Crippen molar-refractivity contribution in [1.29, 1.82) is 0 Å². The summed E-state index contributed by atoms with van der Waals surface area (Å²) in [7, 11) is 1.38. The van der Waals surface area contributed by atoms with Crippen molar-refractivity contribution in [3.63, 3.8) is 0 Å². The van der Waals surface area contributed by atoms with Crippen LogP contribution < -0.4 is 0 Å². The molecule has 3 aromatic carbocycles. The Labute approximate surface area is 163 Å². The molecular formula is C24H21NO3. The molecule has 0 aliphatic carbocycles. The molecular weight excluding hydrogens is 350 g/mol. The van der Waals surface area contributed by atoms with E-state index in [4.69, 9.17) is 9.47 Å². The van der Waals surface area contributed by atoms with Crippen LogP contribution in [-0.2, 0) is 26.5 Å². The molecule has 1 atom stereocenters. The van der Waals surface area contributed by atoms with Gasteiger partial charge in [0.15, 0.2) is 5.60 Å². The summed E-state index contributed by atoms with van der Waals surface area (Å²) in [6.07, 6.45) is 0. The number of pyridine rings is 1. The summed E-state index contributed by atoms with van der Waals surface area (Å²) in [6.45, 7) is 1.95. The Morgan fingerprint density at radius 3 is 2.43 bits per heavy atom. The lowest BCUT2D eigenvalue weighted by molar-refractivity contribution is -0.170. The maximum atomic E-state index is 12.7. The van der Waals surface area contributed by atoms with Crippen LogP contribution >= 0.6 is 0 Å².